The zero-order valence-electron chi connectivity index (χ0n) is 22.9. The molecule has 0 spiro atoms. The van der Waals surface area contributed by atoms with Crippen molar-refractivity contribution in [2.24, 2.45) is 5.92 Å². The average Bonchev–Trinajstić information content (AvgIpc) is 3.37. The van der Waals surface area contributed by atoms with Crippen molar-refractivity contribution in [3.63, 3.8) is 0 Å². The Hall–Kier alpha value is -3.10. The van der Waals surface area contributed by atoms with E-state index in [1.807, 2.05) is 24.3 Å². The molecule has 0 radical (unpaired) electrons. The first-order chi connectivity index (χ1) is 18.2. The van der Waals surface area contributed by atoms with E-state index in [1.165, 1.54) is 12.8 Å². The van der Waals surface area contributed by atoms with E-state index in [0.717, 1.165) is 65.7 Å². The van der Waals surface area contributed by atoms with Crippen LogP contribution in [0.25, 0.3) is 11.1 Å². The normalized spacial score (nSPS) is 21.2. The Bertz CT molecular complexity index is 1090. The van der Waals surface area contributed by atoms with Gasteiger partial charge in [-0.25, -0.2) is 4.79 Å². The number of carboxylic acids is 1. The van der Waals surface area contributed by atoms with E-state index < -0.39 is 17.6 Å². The highest BCUT2D eigenvalue weighted by atomic mass is 16.5. The predicted molar refractivity (Wildman–Crippen MR) is 146 cm³/mol. The molecule has 0 saturated carbocycles. The molecule has 206 valence electrons. The molecular weight excluding hydrogens is 484 g/mol. The Morgan fingerprint density at radius 2 is 1.74 bits per heavy atom. The molecule has 0 unspecified atom stereocenters. The van der Waals surface area contributed by atoms with Crippen LogP contribution in [0, 0.1) is 5.92 Å². The van der Waals surface area contributed by atoms with Crippen LogP contribution < -0.4 is 14.8 Å². The van der Waals surface area contributed by atoms with E-state index in [9.17, 15) is 14.7 Å². The minimum absolute atomic E-state index is 0.166. The average molecular weight is 525 g/mol. The van der Waals surface area contributed by atoms with Crippen LogP contribution in [0.5, 0.6) is 11.5 Å². The fraction of sp³-hybridized carbons (Fsp3) is 0.533. The van der Waals surface area contributed by atoms with E-state index in [1.54, 1.807) is 21.1 Å². The quantitative estimate of drug-likeness (QED) is 0.479. The largest absolute Gasteiger partial charge is 0.496 e. The Morgan fingerprint density at radius 3 is 2.26 bits per heavy atom. The topological polar surface area (TPSA) is 97.3 Å². The van der Waals surface area contributed by atoms with Gasteiger partial charge in [0, 0.05) is 19.6 Å². The summed E-state index contributed by atoms with van der Waals surface area (Å²) in [6.45, 7) is 7.58. The van der Waals surface area contributed by atoms with Gasteiger partial charge in [0.15, 0.2) is 0 Å². The second kappa shape index (κ2) is 12.2. The number of hydrogen-bond acceptors (Lipinski definition) is 6. The Kier molecular flexibility index (Phi) is 8.95. The summed E-state index contributed by atoms with van der Waals surface area (Å²) in [4.78, 5) is 27.1. The summed E-state index contributed by atoms with van der Waals surface area (Å²) in [7, 11) is 3.32. The number of benzene rings is 2. The van der Waals surface area contributed by atoms with Gasteiger partial charge in [-0.3, -0.25) is 9.69 Å². The number of carboxylic acid groups (broad SMARTS) is 1. The van der Waals surface area contributed by atoms with Gasteiger partial charge in [0.2, 0.25) is 0 Å². The highest BCUT2D eigenvalue weighted by Gasteiger charge is 2.39. The smallest absolute Gasteiger partial charge is 0.326 e. The molecule has 4 rings (SSSR count). The van der Waals surface area contributed by atoms with Crippen LogP contribution in [-0.2, 0) is 27.3 Å². The van der Waals surface area contributed by atoms with Crippen molar-refractivity contribution < 1.29 is 28.9 Å². The molecule has 38 heavy (non-hydrogen) atoms. The van der Waals surface area contributed by atoms with Gasteiger partial charge >= 0.3 is 5.97 Å². The van der Waals surface area contributed by atoms with Crippen molar-refractivity contribution in [1.29, 1.82) is 0 Å². The van der Waals surface area contributed by atoms with E-state index >= 15 is 0 Å². The summed E-state index contributed by atoms with van der Waals surface area (Å²) < 4.78 is 17.1. The molecule has 2 aliphatic heterocycles. The molecule has 2 heterocycles. The molecule has 2 aromatic rings. The minimum Gasteiger partial charge on any atom is -0.496 e. The number of amides is 1. The van der Waals surface area contributed by atoms with Crippen LogP contribution in [-0.4, -0.2) is 67.4 Å². The molecule has 2 saturated heterocycles. The molecule has 0 bridgehead atoms. The summed E-state index contributed by atoms with van der Waals surface area (Å²) in [5.41, 5.74) is 2.74. The molecule has 2 aliphatic rings. The van der Waals surface area contributed by atoms with Crippen molar-refractivity contribution >= 4 is 11.9 Å². The Balaban J connectivity index is 1.50. The second-order valence-electron chi connectivity index (χ2n) is 10.8. The number of hydrogen-bond donors (Lipinski definition) is 2. The highest BCUT2D eigenvalue weighted by molar-refractivity contribution is 5.89. The van der Waals surface area contributed by atoms with E-state index in [4.69, 9.17) is 14.2 Å². The summed E-state index contributed by atoms with van der Waals surface area (Å²) in [5.74, 6) is 0.794. The van der Waals surface area contributed by atoms with Gasteiger partial charge in [-0.2, -0.15) is 0 Å². The zero-order valence-corrected chi connectivity index (χ0v) is 22.9. The third-order valence-electron chi connectivity index (χ3n) is 7.83. The second-order valence-corrected chi connectivity index (χ2v) is 10.8. The molecule has 2 fully saturated rings. The molecule has 2 atom stereocenters. The maximum absolute atomic E-state index is 12.7. The lowest BCUT2D eigenvalue weighted by Crippen LogP contribution is -2.51. The third kappa shape index (κ3) is 6.48. The summed E-state index contributed by atoms with van der Waals surface area (Å²) in [6, 6.07) is 10.7. The number of aliphatic carboxylic acids is 1. The molecule has 8 heteroatoms. The van der Waals surface area contributed by atoms with Gasteiger partial charge in [-0.15, -0.1) is 0 Å². The number of nitrogens with zero attached hydrogens (tertiary/aromatic N) is 1. The first-order valence-electron chi connectivity index (χ1n) is 13.5. The molecule has 2 aromatic carbocycles. The standard InChI is InChI=1S/C30H40N2O6/c1-20-10-13-32(14-11-20)19-22-17-25(36-3)27(26(18-22)37-4)23-8-6-21(7-9-23)16-24(28(33)34)31-29(35)30(2)12-5-15-38-30/h6-9,17-18,20,24H,5,10-16,19H2,1-4H3,(H,31,35)(H,33,34)/t24-,30+/m0/s1. The number of rotatable bonds is 10. The third-order valence-corrected chi connectivity index (χ3v) is 7.83. The monoisotopic (exact) mass is 524 g/mol. The van der Waals surface area contributed by atoms with Gasteiger partial charge < -0.3 is 24.6 Å². The predicted octanol–water partition coefficient (Wildman–Crippen LogP) is 4.28. The fourth-order valence-electron chi connectivity index (χ4n) is 5.33. The Morgan fingerprint density at radius 1 is 1.11 bits per heavy atom. The van der Waals surface area contributed by atoms with Gasteiger partial charge in [-0.05, 0) is 80.4 Å². The van der Waals surface area contributed by atoms with Crippen LogP contribution in [0.3, 0.4) is 0 Å². The zero-order chi connectivity index (χ0) is 27.3. The lowest BCUT2D eigenvalue weighted by atomic mass is 9.96. The fourth-order valence-corrected chi connectivity index (χ4v) is 5.33. The SMILES string of the molecule is COc1cc(CN2CCC(C)CC2)cc(OC)c1-c1ccc(C[C@H](NC(=O)[C@@]2(C)CCCO2)C(=O)O)cc1. The van der Waals surface area contributed by atoms with Crippen molar-refractivity contribution in [2.75, 3.05) is 33.9 Å². The molecule has 1 amide bonds. The highest BCUT2D eigenvalue weighted by Crippen LogP contribution is 2.40. The molecule has 8 nitrogen and oxygen atoms in total. The van der Waals surface area contributed by atoms with Gasteiger partial charge in [-0.1, -0.05) is 31.2 Å². The van der Waals surface area contributed by atoms with Crippen LogP contribution in [0.4, 0.5) is 0 Å². The van der Waals surface area contributed by atoms with E-state index in [2.05, 4.69) is 29.3 Å². The van der Waals surface area contributed by atoms with E-state index in [0.29, 0.717) is 13.0 Å². The molecular formula is C30H40N2O6. The summed E-state index contributed by atoms with van der Waals surface area (Å²) >= 11 is 0. The van der Waals surface area contributed by atoms with Crippen LogP contribution >= 0.6 is 0 Å². The van der Waals surface area contributed by atoms with Gasteiger partial charge in [0.05, 0.1) is 19.8 Å². The number of carbonyl (C=O) groups is 2. The van der Waals surface area contributed by atoms with Gasteiger partial charge in [0.1, 0.15) is 23.1 Å². The number of methoxy groups -OCH3 is 2. The molecule has 0 aromatic heterocycles. The maximum atomic E-state index is 12.7. The minimum atomic E-state index is -1.08. The number of ether oxygens (including phenoxy) is 3. The van der Waals surface area contributed by atoms with Crippen molar-refractivity contribution in [3.8, 4) is 22.6 Å². The number of carbonyl (C=O) groups excluding carboxylic acids is 1. The maximum Gasteiger partial charge on any atom is 0.326 e. The summed E-state index contributed by atoms with van der Waals surface area (Å²) in [6.07, 6.45) is 3.98. The number of likely N-dealkylation sites (tertiary alicyclic amines) is 1. The molecule has 0 aliphatic carbocycles. The summed E-state index contributed by atoms with van der Waals surface area (Å²) in [5, 5.41) is 12.4. The van der Waals surface area contributed by atoms with Gasteiger partial charge in [0.25, 0.3) is 5.91 Å². The lowest BCUT2D eigenvalue weighted by Gasteiger charge is -2.30. The van der Waals surface area contributed by atoms with Crippen molar-refractivity contribution in [3.05, 3.63) is 47.5 Å². The lowest BCUT2D eigenvalue weighted by molar-refractivity contribution is -0.147. The van der Waals surface area contributed by atoms with Crippen molar-refractivity contribution in [1.82, 2.24) is 10.2 Å². The number of piperidine rings is 1. The Labute approximate surface area is 225 Å². The number of nitrogens with one attached hydrogen (secondary N) is 1. The van der Waals surface area contributed by atoms with Crippen LogP contribution in [0.15, 0.2) is 36.4 Å². The van der Waals surface area contributed by atoms with Crippen LogP contribution in [0.2, 0.25) is 0 Å². The molecule has 2 N–H and O–H groups in total. The van der Waals surface area contributed by atoms with Crippen molar-refractivity contribution in [2.45, 2.75) is 64.1 Å². The first kappa shape index (κ1) is 27.9. The van der Waals surface area contributed by atoms with E-state index in [-0.39, 0.29) is 12.3 Å². The van der Waals surface area contributed by atoms with Crippen LogP contribution in [0.1, 0.15) is 50.7 Å². The first-order valence-corrected chi connectivity index (χ1v) is 13.5.